The third kappa shape index (κ3) is 2.72. The molecular weight excluding hydrogens is 308 g/mol. The summed E-state index contributed by atoms with van der Waals surface area (Å²) < 4.78 is 7.58. The molecule has 0 radical (unpaired) electrons. The van der Waals surface area contributed by atoms with Crippen molar-refractivity contribution in [2.75, 3.05) is 16.4 Å². The molecule has 9 heteroatoms. The number of hydrogen-bond donors (Lipinski definition) is 3. The molecule has 0 bridgehead atoms. The van der Waals surface area contributed by atoms with Crippen LogP contribution < -0.4 is 10.6 Å². The molecule has 3 rings (SSSR count). The second-order valence-corrected chi connectivity index (χ2v) is 6.46. The monoisotopic (exact) mass is 326 g/mol. The minimum atomic E-state index is -1.10. The average molecular weight is 326 g/mol. The highest BCUT2D eigenvalue weighted by Crippen LogP contribution is 2.31. The fourth-order valence-corrected chi connectivity index (χ4v) is 3.28. The van der Waals surface area contributed by atoms with Gasteiger partial charge in [0, 0.05) is 31.6 Å². The van der Waals surface area contributed by atoms with Crippen LogP contribution in [-0.2, 0) is 16.1 Å². The highest BCUT2D eigenvalue weighted by molar-refractivity contribution is 8.13. The molecule has 1 saturated heterocycles. The molecule has 0 amide bonds. The molecule has 0 saturated carbocycles. The van der Waals surface area contributed by atoms with Crippen LogP contribution in [0.25, 0.3) is 0 Å². The molecule has 120 valence electrons. The van der Waals surface area contributed by atoms with Crippen molar-refractivity contribution in [1.82, 2.24) is 9.55 Å². The van der Waals surface area contributed by atoms with Gasteiger partial charge in [-0.05, 0) is 6.08 Å². The SMILES string of the molecule is CC(=O)SC[C@H]1O[C@@H](N2C=CCn3cc(N)nc32)[C@H](O)[C@@H]1O. The van der Waals surface area contributed by atoms with E-state index in [-0.39, 0.29) is 10.9 Å². The first-order valence-electron chi connectivity index (χ1n) is 6.90. The van der Waals surface area contributed by atoms with Crippen LogP contribution in [0.1, 0.15) is 6.92 Å². The van der Waals surface area contributed by atoms with Gasteiger partial charge in [-0.15, -0.1) is 0 Å². The maximum absolute atomic E-state index is 11.1. The van der Waals surface area contributed by atoms with Crippen molar-refractivity contribution in [3.05, 3.63) is 18.5 Å². The van der Waals surface area contributed by atoms with E-state index < -0.39 is 24.5 Å². The number of allylic oxidation sites excluding steroid dienone is 1. The van der Waals surface area contributed by atoms with Crippen molar-refractivity contribution in [1.29, 1.82) is 0 Å². The van der Waals surface area contributed by atoms with E-state index >= 15 is 0 Å². The van der Waals surface area contributed by atoms with E-state index in [1.54, 1.807) is 17.3 Å². The Morgan fingerprint density at radius 3 is 3.05 bits per heavy atom. The van der Waals surface area contributed by atoms with Gasteiger partial charge in [-0.1, -0.05) is 11.8 Å². The first-order chi connectivity index (χ1) is 10.5. The van der Waals surface area contributed by atoms with Crippen LogP contribution in [0.15, 0.2) is 18.5 Å². The smallest absolute Gasteiger partial charge is 0.214 e. The molecule has 2 aliphatic rings. The standard InChI is InChI=1S/C13H18N4O4S/c1-7(18)22-6-8-10(19)11(20)12(21-8)17-4-2-3-16-5-9(14)15-13(16)17/h2,4-5,8,10-12,19-20H,3,6,14H2,1H3/t8-,10-,11-,12-/m1/s1. The van der Waals surface area contributed by atoms with Crippen molar-refractivity contribution >= 4 is 28.6 Å². The van der Waals surface area contributed by atoms with Crippen LogP contribution in [0.4, 0.5) is 11.8 Å². The van der Waals surface area contributed by atoms with Crippen molar-refractivity contribution in [2.24, 2.45) is 0 Å². The van der Waals surface area contributed by atoms with Gasteiger partial charge in [0.15, 0.2) is 11.3 Å². The van der Waals surface area contributed by atoms with Crippen LogP contribution in [0, 0.1) is 0 Å². The number of aliphatic hydroxyl groups is 2. The number of anilines is 2. The molecule has 3 heterocycles. The minimum absolute atomic E-state index is 0.0603. The van der Waals surface area contributed by atoms with Crippen molar-refractivity contribution in [3.63, 3.8) is 0 Å². The van der Waals surface area contributed by atoms with Crippen molar-refractivity contribution in [2.45, 2.75) is 38.0 Å². The second kappa shape index (κ2) is 5.92. The summed E-state index contributed by atoms with van der Waals surface area (Å²) in [7, 11) is 0. The van der Waals surface area contributed by atoms with E-state index in [0.29, 0.717) is 18.3 Å². The van der Waals surface area contributed by atoms with Crippen LogP contribution >= 0.6 is 11.8 Å². The number of imidazole rings is 1. The van der Waals surface area contributed by atoms with Gasteiger partial charge in [-0.2, -0.15) is 4.98 Å². The fraction of sp³-hybridized carbons (Fsp3) is 0.538. The van der Waals surface area contributed by atoms with E-state index in [1.807, 2.05) is 10.6 Å². The largest absolute Gasteiger partial charge is 0.387 e. The minimum Gasteiger partial charge on any atom is -0.387 e. The zero-order valence-electron chi connectivity index (χ0n) is 12.0. The summed E-state index contributed by atoms with van der Waals surface area (Å²) in [5, 5.41) is 20.3. The summed E-state index contributed by atoms with van der Waals surface area (Å²) in [6, 6.07) is 0. The Labute approximate surface area is 131 Å². The van der Waals surface area contributed by atoms with Gasteiger partial charge in [0.2, 0.25) is 5.95 Å². The van der Waals surface area contributed by atoms with Gasteiger partial charge in [0.1, 0.15) is 18.0 Å². The number of aliphatic hydroxyl groups excluding tert-OH is 2. The number of nitrogens with zero attached hydrogens (tertiary/aromatic N) is 3. The number of nitrogens with two attached hydrogens (primary N) is 1. The van der Waals surface area contributed by atoms with Gasteiger partial charge < -0.3 is 25.3 Å². The number of hydrogen-bond acceptors (Lipinski definition) is 8. The van der Waals surface area contributed by atoms with Crippen molar-refractivity contribution < 1.29 is 19.7 Å². The molecular formula is C13H18N4O4S. The number of fused-ring (bicyclic) bond motifs is 1. The molecule has 2 aliphatic heterocycles. The van der Waals surface area contributed by atoms with Crippen LogP contribution in [-0.4, -0.2) is 55.2 Å². The molecule has 1 aromatic heterocycles. The summed E-state index contributed by atoms with van der Waals surface area (Å²) in [5.74, 6) is 1.22. The molecule has 1 aromatic rings. The van der Waals surface area contributed by atoms with E-state index in [4.69, 9.17) is 10.5 Å². The Morgan fingerprint density at radius 2 is 2.32 bits per heavy atom. The third-order valence-electron chi connectivity index (χ3n) is 3.64. The van der Waals surface area contributed by atoms with Crippen LogP contribution in [0.5, 0.6) is 0 Å². The molecule has 22 heavy (non-hydrogen) atoms. The number of ether oxygens (including phenoxy) is 1. The maximum Gasteiger partial charge on any atom is 0.214 e. The lowest BCUT2D eigenvalue weighted by atomic mass is 10.1. The van der Waals surface area contributed by atoms with Crippen LogP contribution in [0.3, 0.4) is 0 Å². The summed E-state index contributed by atoms with van der Waals surface area (Å²) in [4.78, 5) is 16.9. The highest BCUT2D eigenvalue weighted by Gasteiger charge is 2.46. The maximum atomic E-state index is 11.1. The second-order valence-electron chi connectivity index (χ2n) is 5.26. The number of aromatic nitrogens is 2. The Hall–Kier alpha value is -1.55. The average Bonchev–Trinajstić information content (AvgIpc) is 2.98. The third-order valence-corrected chi connectivity index (χ3v) is 4.54. The quantitative estimate of drug-likeness (QED) is 0.683. The first-order valence-corrected chi connectivity index (χ1v) is 7.88. The van der Waals surface area contributed by atoms with Gasteiger partial charge in [0.25, 0.3) is 0 Å². The zero-order valence-corrected chi connectivity index (χ0v) is 12.8. The van der Waals surface area contributed by atoms with Gasteiger partial charge in [-0.25, -0.2) is 0 Å². The lowest BCUT2D eigenvalue weighted by molar-refractivity contribution is -0.109. The Bertz CT molecular complexity index is 605. The number of carbonyl (C=O) groups excluding carboxylic acids is 1. The molecule has 0 unspecified atom stereocenters. The summed E-state index contributed by atoms with van der Waals surface area (Å²) in [5.41, 5.74) is 5.71. The molecule has 0 spiro atoms. The number of nitrogen functional groups attached to an aromatic ring is 1. The predicted octanol–water partition coefficient (Wildman–Crippen LogP) is -0.475. The molecule has 4 atom stereocenters. The number of rotatable bonds is 3. The zero-order chi connectivity index (χ0) is 15.9. The van der Waals surface area contributed by atoms with Crippen molar-refractivity contribution in [3.8, 4) is 0 Å². The van der Waals surface area contributed by atoms with Crippen LogP contribution in [0.2, 0.25) is 0 Å². The molecule has 8 nitrogen and oxygen atoms in total. The first kappa shape index (κ1) is 15.3. The number of carbonyl (C=O) groups is 1. The van der Waals surface area contributed by atoms with E-state index in [1.165, 1.54) is 6.92 Å². The Kier molecular flexibility index (Phi) is 4.13. The fourth-order valence-electron chi connectivity index (χ4n) is 2.60. The summed E-state index contributed by atoms with van der Waals surface area (Å²) in [6.07, 6.45) is 1.78. The molecule has 4 N–H and O–H groups in total. The van der Waals surface area contributed by atoms with E-state index in [9.17, 15) is 15.0 Å². The lowest BCUT2D eigenvalue weighted by Gasteiger charge is -2.30. The van der Waals surface area contributed by atoms with Gasteiger partial charge in [0.05, 0.1) is 6.10 Å². The Balaban J connectivity index is 1.78. The lowest BCUT2D eigenvalue weighted by Crippen LogP contribution is -2.43. The molecule has 1 fully saturated rings. The molecule has 0 aromatic carbocycles. The van der Waals surface area contributed by atoms with Gasteiger partial charge >= 0.3 is 0 Å². The van der Waals surface area contributed by atoms with E-state index in [0.717, 1.165) is 11.8 Å². The summed E-state index contributed by atoms with van der Waals surface area (Å²) >= 11 is 1.06. The number of thioether (sulfide) groups is 1. The normalized spacial score (nSPS) is 30.6. The van der Waals surface area contributed by atoms with Gasteiger partial charge in [-0.3, -0.25) is 9.69 Å². The highest BCUT2D eigenvalue weighted by atomic mass is 32.2. The Morgan fingerprint density at radius 1 is 1.55 bits per heavy atom. The topological polar surface area (TPSA) is 114 Å². The summed E-state index contributed by atoms with van der Waals surface area (Å²) in [6.45, 7) is 2.08. The molecule has 0 aliphatic carbocycles. The predicted molar refractivity (Wildman–Crippen MR) is 82.1 cm³/mol. The van der Waals surface area contributed by atoms with E-state index in [2.05, 4.69) is 4.98 Å².